The highest BCUT2D eigenvalue weighted by Crippen LogP contribution is 2.30. The van der Waals surface area contributed by atoms with Crippen molar-refractivity contribution < 1.29 is 15.0 Å². The lowest BCUT2D eigenvalue weighted by Crippen LogP contribution is -2.36. The Labute approximate surface area is 100 Å². The summed E-state index contributed by atoms with van der Waals surface area (Å²) < 4.78 is 0. The molecule has 0 aromatic heterocycles. The third kappa shape index (κ3) is 2.52. The molecule has 0 atom stereocenters. The molecule has 4 heteroatoms. The van der Waals surface area contributed by atoms with Crippen LogP contribution in [-0.2, 0) is 0 Å². The first-order chi connectivity index (χ1) is 8.08. The Morgan fingerprint density at radius 3 is 2.53 bits per heavy atom. The molecule has 2 N–H and O–H groups in total. The number of carboxylic acid groups (broad SMARTS) is 1. The van der Waals surface area contributed by atoms with E-state index < -0.39 is 6.09 Å². The molecule has 1 saturated heterocycles. The zero-order chi connectivity index (χ0) is 12.4. The van der Waals surface area contributed by atoms with Gasteiger partial charge in [-0.2, -0.15) is 0 Å². The summed E-state index contributed by atoms with van der Waals surface area (Å²) in [5.41, 5.74) is 1.98. The number of carbonyl (C=O) groups is 1. The fourth-order valence-corrected chi connectivity index (χ4v) is 2.28. The van der Waals surface area contributed by atoms with Gasteiger partial charge in [0.1, 0.15) is 5.75 Å². The van der Waals surface area contributed by atoms with Crippen LogP contribution in [0.5, 0.6) is 5.75 Å². The largest absolute Gasteiger partial charge is 0.508 e. The summed E-state index contributed by atoms with van der Waals surface area (Å²) in [4.78, 5) is 12.2. The summed E-state index contributed by atoms with van der Waals surface area (Å²) >= 11 is 0. The van der Waals surface area contributed by atoms with Crippen LogP contribution in [0.4, 0.5) is 4.79 Å². The second kappa shape index (κ2) is 4.65. The average Bonchev–Trinajstić information content (AvgIpc) is 2.33. The average molecular weight is 235 g/mol. The van der Waals surface area contributed by atoms with Gasteiger partial charge in [0.25, 0.3) is 0 Å². The molecule has 1 aromatic rings. The van der Waals surface area contributed by atoms with Crippen LogP contribution in [0, 0.1) is 6.92 Å². The lowest BCUT2D eigenvalue weighted by molar-refractivity contribution is 0.132. The number of aryl methyl sites for hydroxylation is 1. The summed E-state index contributed by atoms with van der Waals surface area (Å²) in [6.07, 6.45) is 0.819. The highest BCUT2D eigenvalue weighted by atomic mass is 16.4. The maximum Gasteiger partial charge on any atom is 0.407 e. The smallest absolute Gasteiger partial charge is 0.407 e. The number of nitrogens with zero attached hydrogens (tertiary/aromatic N) is 1. The summed E-state index contributed by atoms with van der Waals surface area (Å²) in [6.45, 7) is 3.02. The number of likely N-dealkylation sites (tertiary alicyclic amines) is 1. The Balaban J connectivity index is 2.05. The SMILES string of the molecule is Cc1ccc(C2CCN(C(=O)O)CC2)cc1O. The molecule has 1 aliphatic rings. The predicted molar refractivity (Wildman–Crippen MR) is 64.4 cm³/mol. The first-order valence-electron chi connectivity index (χ1n) is 5.85. The molecule has 92 valence electrons. The Morgan fingerprint density at radius 2 is 2.00 bits per heavy atom. The van der Waals surface area contributed by atoms with E-state index in [2.05, 4.69) is 0 Å². The van der Waals surface area contributed by atoms with Crippen LogP contribution in [0.2, 0.25) is 0 Å². The molecule has 1 aliphatic heterocycles. The molecule has 2 rings (SSSR count). The van der Waals surface area contributed by atoms with E-state index in [0.29, 0.717) is 24.8 Å². The molecule has 0 saturated carbocycles. The van der Waals surface area contributed by atoms with E-state index in [1.54, 1.807) is 6.07 Å². The van der Waals surface area contributed by atoms with Gasteiger partial charge in [0, 0.05) is 13.1 Å². The Hall–Kier alpha value is -1.71. The van der Waals surface area contributed by atoms with Gasteiger partial charge >= 0.3 is 6.09 Å². The van der Waals surface area contributed by atoms with Crippen molar-refractivity contribution >= 4 is 6.09 Å². The van der Waals surface area contributed by atoms with Crippen molar-refractivity contribution in [2.24, 2.45) is 0 Å². The minimum absolute atomic E-state index is 0.322. The maximum atomic E-state index is 10.8. The lowest BCUT2D eigenvalue weighted by Gasteiger charge is -2.30. The van der Waals surface area contributed by atoms with E-state index in [1.165, 1.54) is 4.90 Å². The van der Waals surface area contributed by atoms with Gasteiger partial charge in [0.15, 0.2) is 0 Å². The summed E-state index contributed by atoms with van der Waals surface area (Å²) in [7, 11) is 0. The van der Waals surface area contributed by atoms with Crippen molar-refractivity contribution in [2.45, 2.75) is 25.7 Å². The summed E-state index contributed by atoms with van der Waals surface area (Å²) in [5.74, 6) is 0.681. The highest BCUT2D eigenvalue weighted by Gasteiger charge is 2.23. The fraction of sp³-hybridized carbons (Fsp3) is 0.462. The van der Waals surface area contributed by atoms with Gasteiger partial charge in [0.05, 0.1) is 0 Å². The van der Waals surface area contributed by atoms with Crippen molar-refractivity contribution in [1.82, 2.24) is 4.90 Å². The number of hydrogen-bond donors (Lipinski definition) is 2. The molecule has 1 fully saturated rings. The third-order valence-corrected chi connectivity index (χ3v) is 3.47. The van der Waals surface area contributed by atoms with Crippen molar-refractivity contribution in [2.75, 3.05) is 13.1 Å². The molecule has 1 amide bonds. The van der Waals surface area contributed by atoms with Gasteiger partial charge in [-0.25, -0.2) is 4.79 Å². The first-order valence-corrected chi connectivity index (χ1v) is 5.85. The third-order valence-electron chi connectivity index (χ3n) is 3.47. The molecule has 4 nitrogen and oxygen atoms in total. The number of rotatable bonds is 1. The van der Waals surface area contributed by atoms with Crippen LogP contribution in [-0.4, -0.2) is 34.3 Å². The van der Waals surface area contributed by atoms with E-state index in [-0.39, 0.29) is 0 Å². The van der Waals surface area contributed by atoms with E-state index in [1.807, 2.05) is 19.1 Å². The van der Waals surface area contributed by atoms with Crippen LogP contribution in [0.15, 0.2) is 18.2 Å². The van der Waals surface area contributed by atoms with Crippen molar-refractivity contribution in [3.63, 3.8) is 0 Å². The van der Waals surface area contributed by atoms with Gasteiger partial charge < -0.3 is 15.1 Å². The monoisotopic (exact) mass is 235 g/mol. The molecule has 0 radical (unpaired) electrons. The first kappa shape index (κ1) is 11.8. The summed E-state index contributed by atoms with van der Waals surface area (Å²) in [5, 5.41) is 18.5. The topological polar surface area (TPSA) is 60.8 Å². The van der Waals surface area contributed by atoms with E-state index in [4.69, 9.17) is 5.11 Å². The predicted octanol–water partition coefficient (Wildman–Crippen LogP) is 2.56. The number of phenols is 1. The van der Waals surface area contributed by atoms with Crippen molar-refractivity contribution in [3.05, 3.63) is 29.3 Å². The molecule has 1 heterocycles. The number of phenolic OH excluding ortho intramolecular Hbond substituents is 1. The number of amides is 1. The van der Waals surface area contributed by atoms with E-state index in [9.17, 15) is 9.90 Å². The van der Waals surface area contributed by atoms with E-state index >= 15 is 0 Å². The van der Waals surface area contributed by atoms with Crippen LogP contribution in [0.25, 0.3) is 0 Å². The standard InChI is InChI=1S/C13H17NO3/c1-9-2-3-11(8-12(9)15)10-4-6-14(7-5-10)13(16)17/h2-3,8,10,15H,4-7H2,1H3,(H,16,17). The number of benzene rings is 1. The Kier molecular flexibility index (Phi) is 3.22. The maximum absolute atomic E-state index is 10.8. The normalized spacial score (nSPS) is 17.1. The van der Waals surface area contributed by atoms with Crippen molar-refractivity contribution in [1.29, 1.82) is 0 Å². The molecule has 0 bridgehead atoms. The molecular formula is C13H17NO3. The molecule has 0 unspecified atom stereocenters. The molecule has 17 heavy (non-hydrogen) atoms. The van der Waals surface area contributed by atoms with Gasteiger partial charge in [-0.15, -0.1) is 0 Å². The molecule has 0 spiro atoms. The van der Waals surface area contributed by atoms with Gasteiger partial charge in [-0.05, 0) is 42.9 Å². The number of aromatic hydroxyl groups is 1. The van der Waals surface area contributed by atoms with Crippen LogP contribution in [0.3, 0.4) is 0 Å². The molecular weight excluding hydrogens is 218 g/mol. The van der Waals surface area contributed by atoms with Crippen LogP contribution in [0.1, 0.15) is 29.9 Å². The zero-order valence-electron chi connectivity index (χ0n) is 9.89. The minimum Gasteiger partial charge on any atom is -0.508 e. The number of piperidine rings is 1. The van der Waals surface area contributed by atoms with Crippen LogP contribution >= 0.6 is 0 Å². The van der Waals surface area contributed by atoms with Gasteiger partial charge in [-0.1, -0.05) is 12.1 Å². The van der Waals surface area contributed by atoms with Gasteiger partial charge in [0.2, 0.25) is 0 Å². The lowest BCUT2D eigenvalue weighted by atomic mass is 9.89. The number of hydrogen-bond acceptors (Lipinski definition) is 2. The second-order valence-corrected chi connectivity index (χ2v) is 4.59. The zero-order valence-corrected chi connectivity index (χ0v) is 9.89. The van der Waals surface area contributed by atoms with Gasteiger partial charge in [-0.3, -0.25) is 0 Å². The summed E-state index contributed by atoms with van der Waals surface area (Å²) in [6, 6.07) is 5.74. The second-order valence-electron chi connectivity index (χ2n) is 4.59. The molecule has 1 aromatic carbocycles. The Morgan fingerprint density at radius 1 is 1.35 bits per heavy atom. The Bertz CT molecular complexity index is 423. The molecule has 0 aliphatic carbocycles. The van der Waals surface area contributed by atoms with Crippen molar-refractivity contribution in [3.8, 4) is 5.75 Å². The minimum atomic E-state index is -0.838. The fourth-order valence-electron chi connectivity index (χ4n) is 2.28. The highest BCUT2D eigenvalue weighted by molar-refractivity contribution is 5.65. The van der Waals surface area contributed by atoms with Crippen LogP contribution < -0.4 is 0 Å². The quantitative estimate of drug-likeness (QED) is 0.786. The van der Waals surface area contributed by atoms with E-state index in [0.717, 1.165) is 24.0 Å².